The highest BCUT2D eigenvalue weighted by Crippen LogP contribution is 2.49. The summed E-state index contributed by atoms with van der Waals surface area (Å²) in [6.07, 6.45) is 33.3. The van der Waals surface area contributed by atoms with Crippen molar-refractivity contribution in [2.45, 2.75) is 536 Å². The van der Waals surface area contributed by atoms with Crippen molar-refractivity contribution in [3.05, 3.63) is 12.2 Å². The molecule has 0 spiro atoms. The average Bonchev–Trinajstić information content (AvgIpc) is 0.753. The first kappa shape index (κ1) is 111. The van der Waals surface area contributed by atoms with Gasteiger partial charge in [-0.05, 0) is 51.4 Å². The fraction of sp³-hybridized carbons (Fsp3) is 0.936. The van der Waals surface area contributed by atoms with Gasteiger partial charge in [0.1, 0.15) is 92.6 Å². The van der Waals surface area contributed by atoms with E-state index in [1.165, 1.54) is 218 Å². The Balaban J connectivity index is 1.90. The second-order valence-electron chi connectivity index (χ2n) is 34.9. The maximum Gasteiger partial charge on any atom is 0.472 e. The molecule has 3 aliphatic rings. The highest BCUT2D eigenvalue weighted by molar-refractivity contribution is 7.47. The summed E-state index contributed by atoms with van der Waals surface area (Å²) >= 11 is 0. The SMILES string of the molecule is CCCCCCCC/C=C\CCCCCC(=O)OC(COC(=O)CCCCCCCCCCCCCCCCCC)COP(=O)(O)OC1C(OC2OC(CO)C(O)C(O)C2O)C(O)C(O)C(OC(=O)CCCCCCCCCCCCCCCCCC)C1OC1OC(COC(=O)CCCCCCCCCCCCCCCCCC)C(O)C(O)C1O. The number of aliphatic hydroxyl groups excluding tert-OH is 9. The third-order valence-electron chi connectivity index (χ3n) is 24.0. The topological polar surface area (TPSA) is 380 Å². The fourth-order valence-corrected chi connectivity index (χ4v) is 17.2. The summed E-state index contributed by atoms with van der Waals surface area (Å²) < 4.78 is 73.5. The first-order chi connectivity index (χ1) is 58.2. The minimum Gasteiger partial charge on any atom is -0.463 e. The van der Waals surface area contributed by atoms with Crippen LogP contribution in [0.4, 0.5) is 0 Å². The molecule has 0 bridgehead atoms. The number of carbonyl (C=O) groups excluding carboxylic acids is 4. The van der Waals surface area contributed by atoms with Crippen LogP contribution in [0.15, 0.2) is 12.2 Å². The summed E-state index contributed by atoms with van der Waals surface area (Å²) in [4.78, 5) is 66.5. The van der Waals surface area contributed by atoms with Crippen LogP contribution in [0.1, 0.15) is 432 Å². The van der Waals surface area contributed by atoms with Crippen LogP contribution in [0.3, 0.4) is 0 Å². The molecule has 10 N–H and O–H groups in total. The second-order valence-corrected chi connectivity index (χ2v) is 36.4. The lowest BCUT2D eigenvalue weighted by molar-refractivity contribution is -0.360. The van der Waals surface area contributed by atoms with Crippen molar-refractivity contribution in [1.82, 2.24) is 0 Å². The molecule has 25 nitrogen and oxygen atoms in total. The van der Waals surface area contributed by atoms with E-state index in [0.29, 0.717) is 38.5 Å². The Morgan fingerprint density at radius 3 is 1.00 bits per heavy atom. The van der Waals surface area contributed by atoms with E-state index >= 15 is 0 Å². The molecule has 2 aliphatic heterocycles. The summed E-state index contributed by atoms with van der Waals surface area (Å²) in [5, 5.41) is 102. The molecule has 3 fully saturated rings. The summed E-state index contributed by atoms with van der Waals surface area (Å²) in [5.41, 5.74) is 0. The lowest BCUT2D eigenvalue weighted by Gasteiger charge is -2.50. The van der Waals surface area contributed by atoms with E-state index in [1.807, 2.05) is 0 Å². The van der Waals surface area contributed by atoms with E-state index in [4.69, 9.17) is 46.9 Å². The maximum atomic E-state index is 14.9. The number of hydrogen-bond acceptors (Lipinski definition) is 24. The molecule has 0 radical (unpaired) electrons. The molecule has 3 rings (SSSR count). The molecule has 0 aromatic carbocycles. The third-order valence-corrected chi connectivity index (χ3v) is 25.0. The molecular formula is C94H175O25P. The number of unbranched alkanes of at least 4 members (excludes halogenated alkanes) is 54. The molecule has 1 saturated carbocycles. The van der Waals surface area contributed by atoms with Gasteiger partial charge in [0.2, 0.25) is 0 Å². The van der Waals surface area contributed by atoms with Crippen LogP contribution in [0.5, 0.6) is 0 Å². The predicted molar refractivity (Wildman–Crippen MR) is 467 cm³/mol. The zero-order chi connectivity index (χ0) is 87.5. The molecule has 0 aromatic rings. The number of carbonyl (C=O) groups is 4. The maximum absolute atomic E-state index is 14.9. The van der Waals surface area contributed by atoms with Gasteiger partial charge in [-0.2, -0.15) is 0 Å². The van der Waals surface area contributed by atoms with Gasteiger partial charge in [0.15, 0.2) is 24.8 Å². The first-order valence-electron chi connectivity index (χ1n) is 48.9. The van der Waals surface area contributed by atoms with Gasteiger partial charge in [-0.1, -0.05) is 367 Å². The predicted octanol–water partition coefficient (Wildman–Crippen LogP) is 18.7. The van der Waals surface area contributed by atoms with Gasteiger partial charge in [-0.3, -0.25) is 28.2 Å². The number of hydrogen-bond donors (Lipinski definition) is 10. The number of esters is 4. The first-order valence-corrected chi connectivity index (χ1v) is 50.4. The zero-order valence-electron chi connectivity index (χ0n) is 75.4. The lowest BCUT2D eigenvalue weighted by Crippen LogP contribution is -2.70. The molecular weight excluding hydrogens is 1560 g/mol. The molecule has 0 aromatic heterocycles. The van der Waals surface area contributed by atoms with Gasteiger partial charge in [-0.15, -0.1) is 0 Å². The second kappa shape index (κ2) is 73.2. The summed E-state index contributed by atoms with van der Waals surface area (Å²) in [6.45, 7) is 5.63. The smallest absolute Gasteiger partial charge is 0.463 e. The van der Waals surface area contributed by atoms with Crippen molar-refractivity contribution in [1.29, 1.82) is 0 Å². The molecule has 18 atom stereocenters. The van der Waals surface area contributed by atoms with Crippen LogP contribution in [-0.2, 0) is 70.7 Å². The van der Waals surface area contributed by atoms with Crippen molar-refractivity contribution >= 4 is 31.7 Å². The standard InChI is InChI=1S/C94H175O25P/c1-5-9-13-17-21-25-29-33-36-39-43-46-50-54-58-62-66-77(96)110-71-74(113-79(98)68-64-60-56-52-48-42-32-28-24-20-16-12-8-4)72-112-120(108,109)119-92-90(117-93-87(106)83(102)81(100)75(70-95)114-93)86(105)85(104)89(116-80(99)69-65-61-57-53-49-45-41-38-35-31-27-23-19-15-11-7-3)91(92)118-94-88(107)84(103)82(101)76(115-94)73-111-78(97)67-63-59-55-51-47-44-40-37-34-30-26-22-18-14-10-6-2/h42,48,74-76,81-95,100-107H,5-41,43-47,49-73H2,1-4H3,(H,108,109)/b48-42-. The monoisotopic (exact) mass is 1740 g/mol. The van der Waals surface area contributed by atoms with Crippen molar-refractivity contribution in [2.24, 2.45) is 0 Å². The molecule has 26 heteroatoms. The number of phosphoric acid groups is 1. The average molecular weight is 1740 g/mol. The highest BCUT2D eigenvalue weighted by atomic mass is 31.2. The van der Waals surface area contributed by atoms with Gasteiger partial charge in [0.05, 0.1) is 13.2 Å². The van der Waals surface area contributed by atoms with Crippen LogP contribution in [0, 0.1) is 0 Å². The van der Waals surface area contributed by atoms with Crippen molar-refractivity contribution in [3.63, 3.8) is 0 Å². The Hall–Kier alpha value is -2.79. The van der Waals surface area contributed by atoms with Gasteiger partial charge in [0, 0.05) is 25.7 Å². The van der Waals surface area contributed by atoms with E-state index in [1.54, 1.807) is 0 Å². The minimum atomic E-state index is -5.81. The Bertz CT molecular complexity index is 2530. The lowest BCUT2D eigenvalue weighted by atomic mass is 9.84. The van der Waals surface area contributed by atoms with E-state index in [0.717, 1.165) is 122 Å². The van der Waals surface area contributed by atoms with Crippen molar-refractivity contribution in [3.8, 4) is 0 Å². The third kappa shape index (κ3) is 52.5. The van der Waals surface area contributed by atoms with E-state index in [-0.39, 0.29) is 25.7 Å². The van der Waals surface area contributed by atoms with Crippen LogP contribution in [0.2, 0.25) is 0 Å². The van der Waals surface area contributed by atoms with Crippen LogP contribution >= 0.6 is 7.82 Å². The Kier molecular flexibility index (Phi) is 67.9. The van der Waals surface area contributed by atoms with E-state index in [2.05, 4.69) is 39.8 Å². The number of ether oxygens (including phenoxy) is 8. The summed E-state index contributed by atoms with van der Waals surface area (Å²) in [6, 6.07) is 0. The Labute approximate surface area is 724 Å². The van der Waals surface area contributed by atoms with Gasteiger partial charge >= 0.3 is 31.7 Å². The number of phosphoric ester groups is 1. The molecule has 120 heavy (non-hydrogen) atoms. The number of aliphatic hydroxyl groups is 9. The highest BCUT2D eigenvalue weighted by Gasteiger charge is 2.60. The molecule has 18 unspecified atom stereocenters. The summed E-state index contributed by atoms with van der Waals surface area (Å²) in [7, 11) is -5.81. The zero-order valence-corrected chi connectivity index (χ0v) is 76.3. The van der Waals surface area contributed by atoms with Gasteiger partial charge in [-0.25, -0.2) is 4.57 Å². The molecule has 1 aliphatic carbocycles. The van der Waals surface area contributed by atoms with Crippen LogP contribution < -0.4 is 0 Å². The number of allylic oxidation sites excluding steroid dienone is 2. The Morgan fingerprint density at radius 2 is 0.625 bits per heavy atom. The van der Waals surface area contributed by atoms with Crippen molar-refractivity contribution in [2.75, 3.05) is 26.4 Å². The number of rotatable bonds is 80. The summed E-state index contributed by atoms with van der Waals surface area (Å²) in [5.74, 6) is -2.96. The van der Waals surface area contributed by atoms with Crippen LogP contribution in [0.25, 0.3) is 0 Å². The Morgan fingerprint density at radius 1 is 0.325 bits per heavy atom. The quantitative estimate of drug-likeness (QED) is 0.00889. The molecule has 2 saturated heterocycles. The van der Waals surface area contributed by atoms with Gasteiger partial charge in [0.25, 0.3) is 0 Å². The van der Waals surface area contributed by atoms with E-state index in [9.17, 15) is 74.6 Å². The normalized spacial score (nSPS) is 24.7. The van der Waals surface area contributed by atoms with Crippen molar-refractivity contribution < 1.29 is 122 Å². The van der Waals surface area contributed by atoms with E-state index < -0.39 is 162 Å². The fourth-order valence-electron chi connectivity index (χ4n) is 16.3. The molecule has 0 amide bonds. The molecule has 706 valence electrons. The minimum absolute atomic E-state index is 0.0188. The largest absolute Gasteiger partial charge is 0.472 e. The molecule has 2 heterocycles. The van der Waals surface area contributed by atoms with Gasteiger partial charge < -0.3 is 88.7 Å². The van der Waals surface area contributed by atoms with Crippen LogP contribution in [-0.4, -0.2) is 205 Å².